The highest BCUT2D eigenvalue weighted by atomic mass is 79.9. The lowest BCUT2D eigenvalue weighted by atomic mass is 10.1. The van der Waals surface area contributed by atoms with Crippen molar-refractivity contribution in [2.24, 2.45) is 0 Å². The van der Waals surface area contributed by atoms with Crippen LogP contribution in [0, 0.1) is 0 Å². The van der Waals surface area contributed by atoms with Gasteiger partial charge in [0.2, 0.25) is 0 Å². The molecule has 0 saturated heterocycles. The summed E-state index contributed by atoms with van der Waals surface area (Å²) in [5.41, 5.74) is 4.15. The van der Waals surface area contributed by atoms with Crippen LogP contribution in [0.25, 0.3) is 5.69 Å². The van der Waals surface area contributed by atoms with Crippen molar-refractivity contribution in [2.75, 3.05) is 5.32 Å². The van der Waals surface area contributed by atoms with Gasteiger partial charge >= 0.3 is 6.03 Å². The first kappa shape index (κ1) is 16.0. The molecule has 1 aliphatic heterocycles. The maximum absolute atomic E-state index is 13.0. The van der Waals surface area contributed by atoms with E-state index in [1.54, 1.807) is 0 Å². The molecular weight excluding hydrogens is 378 g/mol. The van der Waals surface area contributed by atoms with Gasteiger partial charge in [-0.15, -0.1) is 0 Å². The highest BCUT2D eigenvalue weighted by Crippen LogP contribution is 2.32. The van der Waals surface area contributed by atoms with Crippen molar-refractivity contribution in [3.8, 4) is 5.69 Å². The highest BCUT2D eigenvalue weighted by molar-refractivity contribution is 9.10. The topological polar surface area (TPSA) is 37.3 Å². The van der Waals surface area contributed by atoms with Crippen LogP contribution in [-0.2, 0) is 6.54 Å². The van der Waals surface area contributed by atoms with E-state index in [0.29, 0.717) is 6.54 Å². The minimum absolute atomic E-state index is 0.0328. The summed E-state index contributed by atoms with van der Waals surface area (Å²) in [7, 11) is 0. The SMILES string of the molecule is C[C@H]1c2cccn2-c2ccccc2CN1C(=O)Nc1cccc(Br)c1. The van der Waals surface area contributed by atoms with Crippen LogP contribution in [0.4, 0.5) is 10.5 Å². The van der Waals surface area contributed by atoms with Crippen molar-refractivity contribution in [3.05, 3.63) is 82.6 Å². The average Bonchev–Trinajstić information content (AvgIpc) is 3.05. The molecule has 2 heterocycles. The quantitative estimate of drug-likeness (QED) is 0.592. The number of para-hydroxylation sites is 1. The number of halogens is 1. The molecule has 4 rings (SSSR count). The van der Waals surface area contributed by atoms with Crippen molar-refractivity contribution in [2.45, 2.75) is 19.5 Å². The van der Waals surface area contributed by atoms with Gasteiger partial charge in [-0.05, 0) is 48.9 Å². The van der Waals surface area contributed by atoms with Gasteiger partial charge in [-0.1, -0.05) is 40.2 Å². The first-order valence-electron chi connectivity index (χ1n) is 8.22. The summed E-state index contributed by atoms with van der Waals surface area (Å²) in [4.78, 5) is 14.8. The number of fused-ring (bicyclic) bond motifs is 3. The van der Waals surface area contributed by atoms with E-state index < -0.39 is 0 Å². The molecule has 4 nitrogen and oxygen atoms in total. The summed E-state index contributed by atoms with van der Waals surface area (Å²) < 4.78 is 3.11. The molecule has 0 radical (unpaired) electrons. The number of carbonyl (C=O) groups is 1. The second-order valence-electron chi connectivity index (χ2n) is 6.18. The molecule has 25 heavy (non-hydrogen) atoms. The lowest BCUT2D eigenvalue weighted by molar-refractivity contribution is 0.189. The number of benzene rings is 2. The first-order valence-corrected chi connectivity index (χ1v) is 9.01. The fourth-order valence-corrected chi connectivity index (χ4v) is 3.72. The van der Waals surface area contributed by atoms with E-state index >= 15 is 0 Å². The molecule has 0 unspecified atom stereocenters. The van der Waals surface area contributed by atoms with Gasteiger partial charge in [0.1, 0.15) is 0 Å². The molecule has 1 aliphatic rings. The number of anilines is 1. The van der Waals surface area contributed by atoms with E-state index in [1.165, 1.54) is 0 Å². The predicted octanol–water partition coefficient (Wildman–Crippen LogP) is 5.35. The zero-order valence-electron chi connectivity index (χ0n) is 13.8. The molecule has 0 saturated carbocycles. The van der Waals surface area contributed by atoms with Crippen LogP contribution in [0.15, 0.2) is 71.3 Å². The summed E-state index contributed by atoms with van der Waals surface area (Å²) in [6, 6.07) is 19.8. The molecule has 0 aliphatic carbocycles. The highest BCUT2D eigenvalue weighted by Gasteiger charge is 2.28. The fraction of sp³-hybridized carbons (Fsp3) is 0.150. The predicted molar refractivity (Wildman–Crippen MR) is 103 cm³/mol. The van der Waals surface area contributed by atoms with Gasteiger partial charge in [-0.2, -0.15) is 0 Å². The van der Waals surface area contributed by atoms with E-state index in [0.717, 1.165) is 27.1 Å². The van der Waals surface area contributed by atoms with E-state index in [1.807, 2.05) is 47.4 Å². The minimum Gasteiger partial charge on any atom is -0.318 e. The number of rotatable bonds is 1. The summed E-state index contributed by atoms with van der Waals surface area (Å²) in [5.74, 6) is 0. The molecule has 3 aromatic rings. The van der Waals surface area contributed by atoms with Crippen molar-refractivity contribution >= 4 is 27.6 Å². The normalized spacial score (nSPS) is 15.9. The lowest BCUT2D eigenvalue weighted by Gasteiger charge is -2.27. The van der Waals surface area contributed by atoms with Gasteiger partial charge in [0.15, 0.2) is 0 Å². The van der Waals surface area contributed by atoms with Gasteiger partial charge < -0.3 is 14.8 Å². The molecule has 0 spiro atoms. The number of aromatic nitrogens is 1. The Hall–Kier alpha value is -2.53. The Morgan fingerprint density at radius 2 is 1.96 bits per heavy atom. The van der Waals surface area contributed by atoms with Crippen LogP contribution in [0.2, 0.25) is 0 Å². The average molecular weight is 396 g/mol. The maximum Gasteiger partial charge on any atom is 0.322 e. The standard InChI is InChI=1S/C20H18BrN3O/c1-14-18-10-5-11-23(18)19-9-3-2-6-15(19)13-24(14)20(25)22-17-8-4-7-16(21)12-17/h2-12,14H,13H2,1H3,(H,22,25)/t14-/m0/s1. The van der Waals surface area contributed by atoms with Crippen LogP contribution < -0.4 is 5.32 Å². The zero-order chi connectivity index (χ0) is 17.4. The number of amides is 2. The van der Waals surface area contributed by atoms with Gasteiger partial charge in [0, 0.05) is 22.1 Å². The number of hydrogen-bond acceptors (Lipinski definition) is 1. The van der Waals surface area contributed by atoms with E-state index in [2.05, 4.69) is 57.1 Å². The van der Waals surface area contributed by atoms with Gasteiger partial charge in [-0.25, -0.2) is 4.79 Å². The van der Waals surface area contributed by atoms with Gasteiger partial charge in [-0.3, -0.25) is 0 Å². The number of urea groups is 1. The maximum atomic E-state index is 13.0. The summed E-state index contributed by atoms with van der Waals surface area (Å²) in [6.45, 7) is 2.64. The smallest absolute Gasteiger partial charge is 0.318 e. The molecule has 0 bridgehead atoms. The van der Waals surface area contributed by atoms with E-state index in [9.17, 15) is 4.79 Å². The number of carbonyl (C=O) groups excluding carboxylic acids is 1. The summed E-state index contributed by atoms with van der Waals surface area (Å²) in [5, 5.41) is 3.01. The number of hydrogen-bond donors (Lipinski definition) is 1. The Kier molecular flexibility index (Phi) is 4.09. The molecule has 1 atom stereocenters. The molecule has 2 amide bonds. The third kappa shape index (κ3) is 2.96. The van der Waals surface area contributed by atoms with Gasteiger partial charge in [0.25, 0.3) is 0 Å². The van der Waals surface area contributed by atoms with E-state index in [-0.39, 0.29) is 12.1 Å². The molecule has 1 aromatic heterocycles. The summed E-state index contributed by atoms with van der Waals surface area (Å²) in [6.07, 6.45) is 2.06. The van der Waals surface area contributed by atoms with Crippen molar-refractivity contribution in [1.29, 1.82) is 0 Å². The largest absolute Gasteiger partial charge is 0.322 e. The van der Waals surface area contributed by atoms with Crippen molar-refractivity contribution < 1.29 is 4.79 Å². The number of nitrogens with zero attached hydrogens (tertiary/aromatic N) is 2. The second-order valence-corrected chi connectivity index (χ2v) is 7.09. The molecule has 2 aromatic carbocycles. The van der Waals surface area contributed by atoms with Crippen LogP contribution in [0.5, 0.6) is 0 Å². The third-order valence-corrected chi connectivity index (χ3v) is 5.10. The molecular formula is C20H18BrN3O. The van der Waals surface area contributed by atoms with Crippen LogP contribution in [0.1, 0.15) is 24.2 Å². The monoisotopic (exact) mass is 395 g/mol. The first-order chi connectivity index (χ1) is 12.1. The zero-order valence-corrected chi connectivity index (χ0v) is 15.4. The Labute approximate surface area is 155 Å². The van der Waals surface area contributed by atoms with Crippen LogP contribution >= 0.6 is 15.9 Å². The number of nitrogens with one attached hydrogen (secondary N) is 1. The van der Waals surface area contributed by atoms with Crippen LogP contribution in [-0.4, -0.2) is 15.5 Å². The lowest BCUT2D eigenvalue weighted by Crippen LogP contribution is -2.36. The minimum atomic E-state index is -0.102. The second kappa shape index (κ2) is 6.41. The molecule has 0 fully saturated rings. The van der Waals surface area contributed by atoms with Crippen LogP contribution in [0.3, 0.4) is 0 Å². The molecule has 1 N–H and O–H groups in total. The van der Waals surface area contributed by atoms with Crippen molar-refractivity contribution in [3.63, 3.8) is 0 Å². The Balaban J connectivity index is 1.70. The van der Waals surface area contributed by atoms with Gasteiger partial charge in [0.05, 0.1) is 18.3 Å². The Morgan fingerprint density at radius 1 is 1.12 bits per heavy atom. The molecule has 5 heteroatoms. The van der Waals surface area contributed by atoms with E-state index in [4.69, 9.17) is 0 Å². The Morgan fingerprint density at radius 3 is 2.80 bits per heavy atom. The Bertz CT molecular complexity index is 934. The molecule has 126 valence electrons. The summed E-state index contributed by atoms with van der Waals surface area (Å²) >= 11 is 3.44. The third-order valence-electron chi connectivity index (χ3n) is 4.60. The van der Waals surface area contributed by atoms with Crippen molar-refractivity contribution in [1.82, 2.24) is 9.47 Å². The fourth-order valence-electron chi connectivity index (χ4n) is 3.32.